The van der Waals surface area contributed by atoms with Crippen molar-refractivity contribution in [1.29, 1.82) is 0 Å². The smallest absolute Gasteiger partial charge is 0.387 e. The third-order valence-corrected chi connectivity index (χ3v) is 4.48. The number of hydrogen-bond donors (Lipinski definition) is 3. The third-order valence-electron chi connectivity index (χ3n) is 4.48. The van der Waals surface area contributed by atoms with Gasteiger partial charge in [0.2, 0.25) is 5.91 Å². The summed E-state index contributed by atoms with van der Waals surface area (Å²) in [6.45, 7) is 0.630. The summed E-state index contributed by atoms with van der Waals surface area (Å²) in [5.41, 5.74) is 2.60. The van der Waals surface area contributed by atoms with Crippen LogP contribution >= 0.6 is 0 Å². The van der Waals surface area contributed by atoms with Crippen LogP contribution in [0, 0.1) is 6.92 Å². The molecule has 3 rings (SSSR count). The number of anilines is 2. The minimum absolute atomic E-state index is 0.00920. The fraction of sp³-hybridized carbons (Fsp3) is 0.300. The van der Waals surface area contributed by atoms with E-state index in [1.54, 1.807) is 19.1 Å². The predicted octanol–water partition coefficient (Wildman–Crippen LogP) is 2.85. The highest BCUT2D eigenvalue weighted by Crippen LogP contribution is 2.29. The summed E-state index contributed by atoms with van der Waals surface area (Å²) in [4.78, 5) is 25.7. The van der Waals surface area contributed by atoms with Crippen LogP contribution in [0.5, 0.6) is 5.75 Å². The molecule has 7 nitrogen and oxygen atoms in total. The maximum absolute atomic E-state index is 12.6. The highest BCUT2D eigenvalue weighted by molar-refractivity contribution is 5.92. The van der Waals surface area contributed by atoms with Crippen molar-refractivity contribution in [2.75, 3.05) is 29.9 Å². The molecule has 0 unspecified atom stereocenters. The van der Waals surface area contributed by atoms with Gasteiger partial charge in [0, 0.05) is 25.3 Å². The van der Waals surface area contributed by atoms with Crippen LogP contribution in [0.1, 0.15) is 11.1 Å². The molecule has 0 aliphatic carbocycles. The van der Waals surface area contributed by atoms with Crippen LogP contribution in [-0.2, 0) is 11.3 Å². The number of aryl methyl sites for hydroxylation is 1. The largest absolute Gasteiger partial charge is 0.433 e. The zero-order chi connectivity index (χ0) is 20.8. The number of piperazine rings is 1. The molecular formula is C20H22F2N4O3. The van der Waals surface area contributed by atoms with Gasteiger partial charge in [0.25, 0.3) is 0 Å². The Kier molecular flexibility index (Phi) is 6.48. The molecule has 29 heavy (non-hydrogen) atoms. The molecule has 2 aromatic rings. The van der Waals surface area contributed by atoms with Gasteiger partial charge in [-0.05, 0) is 36.2 Å². The second-order valence-electron chi connectivity index (χ2n) is 6.57. The molecule has 1 aliphatic rings. The second kappa shape index (κ2) is 9.22. The van der Waals surface area contributed by atoms with E-state index in [0.717, 1.165) is 17.8 Å². The summed E-state index contributed by atoms with van der Waals surface area (Å²) >= 11 is 0. The number of alkyl halides is 2. The number of halogens is 2. The molecule has 2 aromatic carbocycles. The lowest BCUT2D eigenvalue weighted by Crippen LogP contribution is -2.47. The molecule has 0 aromatic heterocycles. The first-order valence-corrected chi connectivity index (χ1v) is 9.12. The number of carbonyl (C=O) groups excluding carboxylic acids is 2. The van der Waals surface area contributed by atoms with Crippen molar-refractivity contribution in [2.24, 2.45) is 0 Å². The third kappa shape index (κ3) is 5.56. The minimum Gasteiger partial charge on any atom is -0.433 e. The highest BCUT2D eigenvalue weighted by Gasteiger charge is 2.16. The molecule has 3 N–H and O–H groups in total. The van der Waals surface area contributed by atoms with Gasteiger partial charge in [-0.15, -0.1) is 0 Å². The number of nitrogens with zero attached hydrogens (tertiary/aromatic N) is 1. The Bertz CT molecular complexity index is 875. The Morgan fingerprint density at radius 3 is 2.69 bits per heavy atom. The summed E-state index contributed by atoms with van der Waals surface area (Å²) in [6.07, 6.45) is 0. The van der Waals surface area contributed by atoms with Crippen molar-refractivity contribution >= 4 is 23.3 Å². The SMILES string of the molecule is Cc1cccc(OC(F)F)c1NC(=O)NCc1ccc(N2CCNC(=O)C2)cc1. The molecule has 1 fully saturated rings. The Morgan fingerprint density at radius 2 is 2.00 bits per heavy atom. The van der Waals surface area contributed by atoms with Crippen molar-refractivity contribution in [3.05, 3.63) is 53.6 Å². The van der Waals surface area contributed by atoms with Crippen LogP contribution in [0.2, 0.25) is 0 Å². The summed E-state index contributed by atoms with van der Waals surface area (Å²) in [6, 6.07) is 11.6. The summed E-state index contributed by atoms with van der Waals surface area (Å²) < 4.78 is 29.6. The molecule has 0 radical (unpaired) electrons. The van der Waals surface area contributed by atoms with Gasteiger partial charge in [-0.3, -0.25) is 4.79 Å². The number of hydrogen-bond acceptors (Lipinski definition) is 4. The molecular weight excluding hydrogens is 382 g/mol. The van der Waals surface area contributed by atoms with Gasteiger partial charge in [-0.25, -0.2) is 4.79 Å². The van der Waals surface area contributed by atoms with Gasteiger partial charge in [0.05, 0.1) is 12.2 Å². The van der Waals surface area contributed by atoms with Crippen LogP contribution in [0.15, 0.2) is 42.5 Å². The molecule has 3 amide bonds. The number of amides is 3. The number of rotatable bonds is 6. The van der Waals surface area contributed by atoms with E-state index in [4.69, 9.17) is 0 Å². The van der Waals surface area contributed by atoms with Crippen LogP contribution < -0.4 is 25.6 Å². The van der Waals surface area contributed by atoms with Crippen molar-refractivity contribution < 1.29 is 23.1 Å². The molecule has 1 saturated heterocycles. The van der Waals surface area contributed by atoms with E-state index in [9.17, 15) is 18.4 Å². The van der Waals surface area contributed by atoms with E-state index in [1.807, 2.05) is 29.2 Å². The number of carbonyl (C=O) groups is 2. The average molecular weight is 404 g/mol. The van der Waals surface area contributed by atoms with Gasteiger partial charge in [-0.1, -0.05) is 24.3 Å². The summed E-state index contributed by atoms with van der Waals surface area (Å²) in [7, 11) is 0. The first kappa shape index (κ1) is 20.4. The lowest BCUT2D eigenvalue weighted by Gasteiger charge is -2.28. The maximum atomic E-state index is 12.6. The lowest BCUT2D eigenvalue weighted by atomic mass is 10.1. The molecule has 0 saturated carbocycles. The fourth-order valence-electron chi connectivity index (χ4n) is 3.02. The van der Waals surface area contributed by atoms with E-state index >= 15 is 0 Å². The van der Waals surface area contributed by atoms with Crippen LogP contribution in [-0.4, -0.2) is 38.2 Å². The Morgan fingerprint density at radius 1 is 1.24 bits per heavy atom. The van der Waals surface area contributed by atoms with E-state index < -0.39 is 12.6 Å². The molecule has 0 atom stereocenters. The van der Waals surface area contributed by atoms with Crippen molar-refractivity contribution in [1.82, 2.24) is 10.6 Å². The number of benzene rings is 2. The number of urea groups is 1. The maximum Gasteiger partial charge on any atom is 0.387 e. The number of ether oxygens (including phenoxy) is 1. The number of para-hydroxylation sites is 1. The van der Waals surface area contributed by atoms with Gasteiger partial charge < -0.3 is 25.6 Å². The van der Waals surface area contributed by atoms with E-state index in [-0.39, 0.29) is 23.9 Å². The van der Waals surface area contributed by atoms with Crippen molar-refractivity contribution in [3.63, 3.8) is 0 Å². The summed E-state index contributed by atoms with van der Waals surface area (Å²) in [5, 5.41) is 8.03. The monoisotopic (exact) mass is 404 g/mol. The molecule has 1 aliphatic heterocycles. The Hall–Kier alpha value is -3.36. The van der Waals surface area contributed by atoms with Gasteiger partial charge in [-0.2, -0.15) is 8.78 Å². The topological polar surface area (TPSA) is 82.7 Å². The Balaban J connectivity index is 1.57. The minimum atomic E-state index is -2.98. The lowest BCUT2D eigenvalue weighted by molar-refractivity contribution is -0.120. The van der Waals surface area contributed by atoms with Crippen molar-refractivity contribution in [3.8, 4) is 5.75 Å². The quantitative estimate of drug-likeness (QED) is 0.692. The first-order valence-electron chi connectivity index (χ1n) is 9.12. The van der Waals surface area contributed by atoms with E-state index in [0.29, 0.717) is 18.7 Å². The van der Waals surface area contributed by atoms with E-state index in [1.165, 1.54) is 6.07 Å². The zero-order valence-electron chi connectivity index (χ0n) is 15.9. The second-order valence-corrected chi connectivity index (χ2v) is 6.57. The van der Waals surface area contributed by atoms with E-state index in [2.05, 4.69) is 20.7 Å². The number of nitrogens with one attached hydrogen (secondary N) is 3. The van der Waals surface area contributed by atoms with Gasteiger partial charge >= 0.3 is 12.6 Å². The molecule has 0 spiro atoms. The Labute approximate surface area is 167 Å². The predicted molar refractivity (Wildman–Crippen MR) is 105 cm³/mol. The molecule has 154 valence electrons. The zero-order valence-corrected chi connectivity index (χ0v) is 15.9. The van der Waals surface area contributed by atoms with Gasteiger partial charge in [0.15, 0.2) is 0 Å². The van der Waals surface area contributed by atoms with Crippen LogP contribution in [0.4, 0.5) is 25.0 Å². The summed E-state index contributed by atoms with van der Waals surface area (Å²) in [5.74, 6) is -0.102. The van der Waals surface area contributed by atoms with Gasteiger partial charge in [0.1, 0.15) is 5.75 Å². The van der Waals surface area contributed by atoms with Crippen LogP contribution in [0.3, 0.4) is 0 Å². The van der Waals surface area contributed by atoms with Crippen molar-refractivity contribution in [2.45, 2.75) is 20.1 Å². The molecule has 1 heterocycles. The molecule has 9 heteroatoms. The molecule has 0 bridgehead atoms. The normalized spacial score (nSPS) is 13.8. The fourth-order valence-corrected chi connectivity index (χ4v) is 3.02. The van der Waals surface area contributed by atoms with Crippen LogP contribution in [0.25, 0.3) is 0 Å². The average Bonchev–Trinajstić information content (AvgIpc) is 2.69. The standard InChI is InChI=1S/C20H22F2N4O3/c1-13-3-2-4-16(29-19(21)22)18(13)25-20(28)24-11-14-5-7-15(8-6-14)26-10-9-23-17(27)12-26/h2-8,19H,9-12H2,1H3,(H,23,27)(H2,24,25,28). The highest BCUT2D eigenvalue weighted by atomic mass is 19.3. The first-order chi connectivity index (χ1) is 13.9.